The van der Waals surface area contributed by atoms with Crippen molar-refractivity contribution in [3.63, 3.8) is 0 Å². The van der Waals surface area contributed by atoms with Crippen molar-refractivity contribution in [1.82, 2.24) is 10.2 Å². The molecule has 0 aromatic heterocycles. The van der Waals surface area contributed by atoms with Crippen molar-refractivity contribution in [3.05, 3.63) is 0 Å². The fraction of sp³-hybridized carbons (Fsp3) is 0.833. The molecule has 1 aliphatic rings. The molecule has 1 fully saturated rings. The molecule has 1 N–H and O–H groups in total. The van der Waals surface area contributed by atoms with Crippen molar-refractivity contribution in [3.8, 4) is 0 Å². The van der Waals surface area contributed by atoms with Crippen LogP contribution < -0.4 is 5.32 Å². The second-order valence-electron chi connectivity index (χ2n) is 4.66. The summed E-state index contributed by atoms with van der Waals surface area (Å²) in [7, 11) is -3.14. The molecule has 0 aromatic carbocycles. The molecule has 2 unspecified atom stereocenters. The van der Waals surface area contributed by atoms with Gasteiger partial charge in [-0.3, -0.25) is 9.59 Å². The molecule has 0 spiro atoms. The fourth-order valence-corrected chi connectivity index (χ4v) is 2.92. The number of nitrogens with one attached hydrogen (secondary N) is 1. The SMILES string of the molecule is CCC1NC(=O)C(CC)N(CCS(=O)(=O)CC)C1=O. The molecule has 6 nitrogen and oxygen atoms in total. The predicted molar refractivity (Wildman–Crippen MR) is 72.3 cm³/mol. The summed E-state index contributed by atoms with van der Waals surface area (Å²) < 4.78 is 23.1. The van der Waals surface area contributed by atoms with E-state index in [1.54, 1.807) is 6.92 Å². The average molecular weight is 290 g/mol. The van der Waals surface area contributed by atoms with Gasteiger partial charge in [-0.1, -0.05) is 20.8 Å². The summed E-state index contributed by atoms with van der Waals surface area (Å²) in [4.78, 5) is 25.5. The van der Waals surface area contributed by atoms with E-state index in [0.717, 1.165) is 0 Å². The molecule has 19 heavy (non-hydrogen) atoms. The van der Waals surface area contributed by atoms with Crippen LogP contribution in [0.1, 0.15) is 33.6 Å². The molecule has 0 saturated carbocycles. The minimum Gasteiger partial charge on any atom is -0.343 e. The first-order valence-corrected chi connectivity index (χ1v) is 8.49. The first kappa shape index (κ1) is 15.9. The van der Waals surface area contributed by atoms with Gasteiger partial charge in [0, 0.05) is 12.3 Å². The molecule has 1 rings (SSSR count). The first-order chi connectivity index (χ1) is 8.86. The molecule has 110 valence electrons. The Bertz CT molecular complexity index is 447. The van der Waals surface area contributed by atoms with Gasteiger partial charge in [-0.15, -0.1) is 0 Å². The van der Waals surface area contributed by atoms with Crippen LogP contribution in [-0.2, 0) is 19.4 Å². The predicted octanol–water partition coefficient (Wildman–Crippen LogP) is -0.0633. The number of hydrogen-bond donors (Lipinski definition) is 1. The second-order valence-corrected chi connectivity index (χ2v) is 7.13. The maximum absolute atomic E-state index is 12.2. The molecular formula is C12H22N2O4S. The number of sulfone groups is 1. The lowest BCUT2D eigenvalue weighted by atomic mass is 10.0. The van der Waals surface area contributed by atoms with Gasteiger partial charge < -0.3 is 10.2 Å². The number of carbonyl (C=O) groups is 2. The Morgan fingerprint density at radius 2 is 1.79 bits per heavy atom. The number of piperazine rings is 1. The third-order valence-corrected chi connectivity index (χ3v) is 5.14. The van der Waals surface area contributed by atoms with Gasteiger partial charge in [0.15, 0.2) is 9.84 Å². The summed E-state index contributed by atoms with van der Waals surface area (Å²) in [6, 6.07) is -1.08. The third kappa shape index (κ3) is 3.68. The zero-order chi connectivity index (χ0) is 14.6. The van der Waals surface area contributed by atoms with Gasteiger partial charge in [0.25, 0.3) is 0 Å². The molecule has 0 aliphatic carbocycles. The van der Waals surface area contributed by atoms with Crippen molar-refractivity contribution in [2.75, 3.05) is 18.1 Å². The van der Waals surface area contributed by atoms with Crippen molar-refractivity contribution in [1.29, 1.82) is 0 Å². The average Bonchev–Trinajstić information content (AvgIpc) is 2.39. The van der Waals surface area contributed by atoms with E-state index in [0.29, 0.717) is 12.8 Å². The highest BCUT2D eigenvalue weighted by Crippen LogP contribution is 2.15. The first-order valence-electron chi connectivity index (χ1n) is 6.67. The lowest BCUT2D eigenvalue weighted by molar-refractivity contribution is -0.149. The van der Waals surface area contributed by atoms with Gasteiger partial charge in [-0.25, -0.2) is 8.42 Å². The molecule has 1 aliphatic heterocycles. The Kier molecular flexibility index (Phi) is 5.34. The number of amides is 2. The van der Waals surface area contributed by atoms with Crippen LogP contribution in [0.5, 0.6) is 0 Å². The van der Waals surface area contributed by atoms with Gasteiger partial charge in [-0.2, -0.15) is 0 Å². The topological polar surface area (TPSA) is 83.6 Å². The fourth-order valence-electron chi connectivity index (χ4n) is 2.16. The Balaban J connectivity index is 2.85. The normalized spacial score (nSPS) is 24.5. The van der Waals surface area contributed by atoms with Crippen molar-refractivity contribution in [2.24, 2.45) is 0 Å². The summed E-state index contributed by atoms with van der Waals surface area (Å²) in [6.07, 6.45) is 0.998. The Morgan fingerprint density at radius 3 is 2.26 bits per heavy atom. The number of rotatable bonds is 6. The maximum Gasteiger partial charge on any atom is 0.245 e. The van der Waals surface area contributed by atoms with E-state index in [-0.39, 0.29) is 29.9 Å². The number of nitrogens with zero attached hydrogens (tertiary/aromatic N) is 1. The lowest BCUT2D eigenvalue weighted by Gasteiger charge is -2.38. The molecule has 0 bridgehead atoms. The van der Waals surface area contributed by atoms with Crippen LogP contribution in [0.15, 0.2) is 0 Å². The molecule has 2 amide bonds. The second kappa shape index (κ2) is 6.36. The maximum atomic E-state index is 12.2. The van der Waals surface area contributed by atoms with Crippen molar-refractivity contribution < 1.29 is 18.0 Å². The number of hydrogen-bond acceptors (Lipinski definition) is 4. The van der Waals surface area contributed by atoms with E-state index in [2.05, 4.69) is 5.32 Å². The largest absolute Gasteiger partial charge is 0.343 e. The highest BCUT2D eigenvalue weighted by Gasteiger charge is 2.38. The summed E-state index contributed by atoms with van der Waals surface area (Å²) in [5.41, 5.74) is 0. The van der Waals surface area contributed by atoms with Crippen LogP contribution in [0.3, 0.4) is 0 Å². The molecule has 1 heterocycles. The summed E-state index contributed by atoms with van der Waals surface area (Å²) >= 11 is 0. The van der Waals surface area contributed by atoms with Crippen LogP contribution in [0.25, 0.3) is 0 Å². The van der Waals surface area contributed by atoms with E-state index in [4.69, 9.17) is 0 Å². The van der Waals surface area contributed by atoms with Gasteiger partial charge in [0.05, 0.1) is 5.75 Å². The smallest absolute Gasteiger partial charge is 0.245 e. The molecule has 2 atom stereocenters. The molecular weight excluding hydrogens is 268 g/mol. The van der Waals surface area contributed by atoms with Gasteiger partial charge >= 0.3 is 0 Å². The van der Waals surface area contributed by atoms with Gasteiger partial charge in [0.1, 0.15) is 12.1 Å². The lowest BCUT2D eigenvalue weighted by Crippen LogP contribution is -2.63. The standard InChI is InChI=1S/C12H22N2O4S/c1-4-9-12(16)14(7-8-19(17,18)6-3)10(5-2)11(15)13-9/h9-10H,4-8H2,1-3H3,(H,13,15). The minimum absolute atomic E-state index is 0.0508. The van der Waals surface area contributed by atoms with Crippen LogP contribution >= 0.6 is 0 Å². The van der Waals surface area contributed by atoms with E-state index in [1.165, 1.54) is 4.90 Å². The van der Waals surface area contributed by atoms with E-state index >= 15 is 0 Å². The third-order valence-electron chi connectivity index (χ3n) is 3.45. The summed E-state index contributed by atoms with van der Waals surface area (Å²) in [6.45, 7) is 5.30. The molecule has 1 saturated heterocycles. The quantitative estimate of drug-likeness (QED) is 0.742. The zero-order valence-corrected chi connectivity index (χ0v) is 12.5. The van der Waals surface area contributed by atoms with Crippen LogP contribution in [0.4, 0.5) is 0 Å². The van der Waals surface area contributed by atoms with E-state index in [1.807, 2.05) is 13.8 Å². The van der Waals surface area contributed by atoms with Crippen molar-refractivity contribution in [2.45, 2.75) is 45.7 Å². The van der Waals surface area contributed by atoms with Crippen molar-refractivity contribution >= 4 is 21.7 Å². The van der Waals surface area contributed by atoms with E-state index < -0.39 is 21.9 Å². The molecule has 0 radical (unpaired) electrons. The van der Waals surface area contributed by atoms with E-state index in [9.17, 15) is 18.0 Å². The number of carbonyl (C=O) groups excluding carboxylic acids is 2. The molecule has 0 aromatic rings. The van der Waals surface area contributed by atoms with Gasteiger partial charge in [-0.05, 0) is 12.8 Å². The highest BCUT2D eigenvalue weighted by molar-refractivity contribution is 7.91. The van der Waals surface area contributed by atoms with Crippen LogP contribution in [0, 0.1) is 0 Å². The van der Waals surface area contributed by atoms with Gasteiger partial charge in [0.2, 0.25) is 11.8 Å². The zero-order valence-electron chi connectivity index (χ0n) is 11.7. The van der Waals surface area contributed by atoms with Crippen LogP contribution in [-0.4, -0.2) is 55.3 Å². The van der Waals surface area contributed by atoms with Crippen LogP contribution in [0.2, 0.25) is 0 Å². The highest BCUT2D eigenvalue weighted by atomic mass is 32.2. The Morgan fingerprint density at radius 1 is 1.16 bits per heavy atom. The Labute approximate surface area is 114 Å². The monoisotopic (exact) mass is 290 g/mol. The molecule has 7 heteroatoms. The summed E-state index contributed by atoms with van der Waals surface area (Å²) in [5.74, 6) is -0.409. The Hall–Kier alpha value is -1.11. The summed E-state index contributed by atoms with van der Waals surface area (Å²) in [5, 5.41) is 2.68. The minimum atomic E-state index is -3.14.